The minimum absolute atomic E-state index is 0.608. The van der Waals surface area contributed by atoms with Gasteiger partial charge in [-0.1, -0.05) is 6.07 Å². The molecule has 2 aromatic carbocycles. The maximum absolute atomic E-state index is 5.76. The van der Waals surface area contributed by atoms with Crippen LogP contribution in [0, 0.1) is 6.92 Å². The van der Waals surface area contributed by atoms with Gasteiger partial charge in [-0.25, -0.2) is 4.98 Å². The summed E-state index contributed by atoms with van der Waals surface area (Å²) in [5, 5.41) is 0. The second kappa shape index (κ2) is 4.14. The van der Waals surface area contributed by atoms with Crippen LogP contribution in [0.2, 0.25) is 0 Å². The van der Waals surface area contributed by atoms with Gasteiger partial charge >= 0.3 is 0 Å². The molecule has 1 heterocycles. The zero-order valence-electron chi connectivity index (χ0n) is 9.77. The fourth-order valence-electron chi connectivity index (χ4n) is 1.82. The van der Waals surface area contributed by atoms with E-state index in [1.54, 1.807) is 0 Å². The number of aryl methyl sites for hydroxylation is 1. The molecule has 3 nitrogen and oxygen atoms in total. The summed E-state index contributed by atoms with van der Waals surface area (Å²) in [6.07, 6.45) is 0. The van der Waals surface area contributed by atoms with Gasteiger partial charge in [0.1, 0.15) is 5.52 Å². The fraction of sp³-hybridized carbons (Fsp3) is 0.0714. The Labute approximate surface area is 113 Å². The van der Waals surface area contributed by atoms with E-state index in [2.05, 4.69) is 20.9 Å². The number of hydrogen-bond acceptors (Lipinski definition) is 3. The van der Waals surface area contributed by atoms with Crippen LogP contribution in [-0.4, -0.2) is 4.98 Å². The van der Waals surface area contributed by atoms with E-state index in [1.165, 1.54) is 0 Å². The molecule has 90 valence electrons. The highest BCUT2D eigenvalue weighted by Crippen LogP contribution is 2.29. The molecule has 1 aromatic heterocycles. The summed E-state index contributed by atoms with van der Waals surface area (Å²) >= 11 is 3.40. The Morgan fingerprint density at radius 1 is 1.17 bits per heavy atom. The lowest BCUT2D eigenvalue weighted by Gasteiger charge is -1.99. The summed E-state index contributed by atoms with van der Waals surface area (Å²) in [5.41, 5.74) is 10.2. The number of halogens is 1. The van der Waals surface area contributed by atoms with Gasteiger partial charge in [0.15, 0.2) is 5.58 Å². The van der Waals surface area contributed by atoms with Gasteiger partial charge in [-0.15, -0.1) is 0 Å². The Bertz CT molecular complexity index is 734. The van der Waals surface area contributed by atoms with Gasteiger partial charge in [-0.2, -0.15) is 0 Å². The zero-order chi connectivity index (χ0) is 12.7. The average molecular weight is 303 g/mol. The molecule has 0 saturated heterocycles. The summed E-state index contributed by atoms with van der Waals surface area (Å²) < 4.78 is 6.60. The molecule has 0 radical (unpaired) electrons. The summed E-state index contributed by atoms with van der Waals surface area (Å²) in [6, 6.07) is 11.6. The molecule has 0 amide bonds. The van der Waals surface area contributed by atoms with Crippen LogP contribution in [0.5, 0.6) is 0 Å². The molecular formula is C14H11BrN2O. The van der Waals surface area contributed by atoms with Crippen molar-refractivity contribution in [3.8, 4) is 11.5 Å². The topological polar surface area (TPSA) is 52.0 Å². The lowest BCUT2D eigenvalue weighted by molar-refractivity contribution is 0.619. The number of nitrogens with two attached hydrogens (primary N) is 1. The van der Waals surface area contributed by atoms with Crippen LogP contribution in [0.4, 0.5) is 5.69 Å². The third-order valence-corrected chi connectivity index (χ3v) is 3.48. The largest absolute Gasteiger partial charge is 0.436 e. The number of nitrogens with zero attached hydrogens (tertiary/aromatic N) is 1. The molecular weight excluding hydrogens is 292 g/mol. The van der Waals surface area contributed by atoms with Gasteiger partial charge in [0.25, 0.3) is 0 Å². The highest BCUT2D eigenvalue weighted by atomic mass is 79.9. The first-order valence-electron chi connectivity index (χ1n) is 5.56. The number of rotatable bonds is 1. The highest BCUT2D eigenvalue weighted by Gasteiger charge is 2.09. The summed E-state index contributed by atoms with van der Waals surface area (Å²) in [7, 11) is 0. The van der Waals surface area contributed by atoms with Crippen molar-refractivity contribution in [3.63, 3.8) is 0 Å². The van der Waals surface area contributed by atoms with Gasteiger partial charge in [-0.05, 0) is 58.7 Å². The summed E-state index contributed by atoms with van der Waals surface area (Å²) in [4.78, 5) is 4.47. The Hall–Kier alpha value is -1.81. The molecule has 0 aliphatic rings. The lowest BCUT2D eigenvalue weighted by Crippen LogP contribution is -1.86. The molecule has 2 N–H and O–H groups in total. The molecule has 18 heavy (non-hydrogen) atoms. The van der Waals surface area contributed by atoms with E-state index in [0.717, 1.165) is 26.7 Å². The second-order valence-corrected chi connectivity index (χ2v) is 5.08. The van der Waals surface area contributed by atoms with E-state index >= 15 is 0 Å². The van der Waals surface area contributed by atoms with Crippen molar-refractivity contribution in [2.75, 3.05) is 5.73 Å². The molecule has 3 rings (SSSR count). The Morgan fingerprint density at radius 3 is 2.78 bits per heavy atom. The summed E-state index contributed by atoms with van der Waals surface area (Å²) in [5.74, 6) is 0.608. The number of fused-ring (bicyclic) bond motifs is 1. The number of benzene rings is 2. The predicted octanol–water partition coefficient (Wildman–Crippen LogP) is 4.15. The number of anilines is 1. The van der Waals surface area contributed by atoms with Crippen LogP contribution in [-0.2, 0) is 0 Å². The smallest absolute Gasteiger partial charge is 0.227 e. The zero-order valence-corrected chi connectivity index (χ0v) is 11.4. The first kappa shape index (κ1) is 11.3. The molecule has 0 atom stereocenters. The molecule has 0 spiro atoms. The second-order valence-electron chi connectivity index (χ2n) is 4.23. The van der Waals surface area contributed by atoms with E-state index in [4.69, 9.17) is 10.2 Å². The fourth-order valence-corrected chi connectivity index (χ4v) is 2.19. The van der Waals surface area contributed by atoms with E-state index in [9.17, 15) is 0 Å². The van der Waals surface area contributed by atoms with Crippen molar-refractivity contribution in [1.29, 1.82) is 0 Å². The van der Waals surface area contributed by atoms with Crippen LogP contribution in [0.1, 0.15) is 5.56 Å². The van der Waals surface area contributed by atoms with Gasteiger partial charge in [-0.3, -0.25) is 0 Å². The average Bonchev–Trinajstić information content (AvgIpc) is 2.75. The van der Waals surface area contributed by atoms with E-state index in [1.807, 2.05) is 43.3 Å². The Kier molecular flexibility index (Phi) is 2.59. The normalized spacial score (nSPS) is 11.0. The van der Waals surface area contributed by atoms with Crippen LogP contribution < -0.4 is 5.73 Å². The molecule has 3 aromatic rings. The first-order valence-corrected chi connectivity index (χ1v) is 6.35. The maximum Gasteiger partial charge on any atom is 0.227 e. The van der Waals surface area contributed by atoms with Gasteiger partial charge in [0.2, 0.25) is 5.89 Å². The predicted molar refractivity (Wildman–Crippen MR) is 76.3 cm³/mol. The summed E-state index contributed by atoms with van der Waals surface area (Å²) in [6.45, 7) is 2.03. The van der Waals surface area contributed by atoms with Gasteiger partial charge in [0.05, 0.1) is 0 Å². The van der Waals surface area contributed by atoms with Crippen molar-refractivity contribution < 1.29 is 4.42 Å². The van der Waals surface area contributed by atoms with Crippen LogP contribution in [0.25, 0.3) is 22.6 Å². The minimum atomic E-state index is 0.608. The van der Waals surface area contributed by atoms with E-state index < -0.39 is 0 Å². The third kappa shape index (κ3) is 1.88. The molecule has 0 bridgehead atoms. The number of aromatic nitrogens is 1. The Morgan fingerprint density at radius 2 is 2.00 bits per heavy atom. The van der Waals surface area contributed by atoms with Crippen molar-refractivity contribution in [1.82, 2.24) is 4.98 Å². The molecule has 0 unspecified atom stereocenters. The number of nitrogen functional groups attached to an aromatic ring is 1. The van der Waals surface area contributed by atoms with Crippen LogP contribution in [0.3, 0.4) is 0 Å². The maximum atomic E-state index is 5.76. The molecule has 0 fully saturated rings. The monoisotopic (exact) mass is 302 g/mol. The van der Waals surface area contributed by atoms with Crippen molar-refractivity contribution in [2.45, 2.75) is 6.92 Å². The van der Waals surface area contributed by atoms with Crippen molar-refractivity contribution in [3.05, 3.63) is 46.4 Å². The minimum Gasteiger partial charge on any atom is -0.436 e. The van der Waals surface area contributed by atoms with Crippen LogP contribution >= 0.6 is 15.9 Å². The Balaban J connectivity index is 2.16. The quantitative estimate of drug-likeness (QED) is 0.687. The third-order valence-electron chi connectivity index (χ3n) is 2.79. The standard InChI is InChI=1S/C14H11BrN2O/c1-8-2-5-12-13(6-8)18-14(17-12)9-3-4-11(16)10(15)7-9/h2-7H,16H2,1H3. The van der Waals surface area contributed by atoms with Gasteiger partial charge in [0, 0.05) is 15.7 Å². The molecule has 0 saturated carbocycles. The number of hydrogen-bond donors (Lipinski definition) is 1. The molecule has 0 aliphatic heterocycles. The first-order chi connectivity index (χ1) is 8.63. The SMILES string of the molecule is Cc1ccc2nc(-c3ccc(N)c(Br)c3)oc2c1. The van der Waals surface area contributed by atoms with E-state index in [0.29, 0.717) is 11.6 Å². The van der Waals surface area contributed by atoms with Crippen molar-refractivity contribution in [2.24, 2.45) is 0 Å². The molecule has 4 heteroatoms. The van der Waals surface area contributed by atoms with Crippen molar-refractivity contribution >= 4 is 32.7 Å². The van der Waals surface area contributed by atoms with Crippen LogP contribution in [0.15, 0.2) is 45.3 Å². The number of oxazole rings is 1. The van der Waals surface area contributed by atoms with Gasteiger partial charge < -0.3 is 10.2 Å². The van der Waals surface area contributed by atoms with E-state index in [-0.39, 0.29) is 0 Å². The highest BCUT2D eigenvalue weighted by molar-refractivity contribution is 9.10. The molecule has 0 aliphatic carbocycles. The lowest BCUT2D eigenvalue weighted by atomic mass is 10.2.